The van der Waals surface area contributed by atoms with Gasteiger partial charge in [-0.15, -0.1) is 0 Å². The van der Waals surface area contributed by atoms with Crippen LogP contribution in [-0.2, 0) is 16.8 Å². The highest BCUT2D eigenvalue weighted by molar-refractivity contribution is 7.87. The van der Waals surface area contributed by atoms with E-state index >= 15 is 0 Å². The van der Waals surface area contributed by atoms with Crippen molar-refractivity contribution >= 4 is 10.2 Å². The van der Waals surface area contributed by atoms with Gasteiger partial charge in [0.05, 0.1) is 0 Å². The van der Waals surface area contributed by atoms with Crippen molar-refractivity contribution in [2.24, 2.45) is 0 Å². The zero-order valence-corrected chi connectivity index (χ0v) is 10.2. The molecular weight excluding hydrogens is 243 g/mol. The minimum Gasteiger partial charge on any atom is -0.207 e. The van der Waals surface area contributed by atoms with Gasteiger partial charge in [0.1, 0.15) is 5.82 Å². The first-order valence-electron chi connectivity index (χ1n) is 5.58. The molecule has 1 fully saturated rings. The molecule has 1 saturated heterocycles. The second-order valence-electron chi connectivity index (χ2n) is 4.02. The second-order valence-corrected chi connectivity index (χ2v) is 5.78. The molecule has 0 unspecified atom stereocenters. The Balaban J connectivity index is 2.00. The van der Waals surface area contributed by atoms with Gasteiger partial charge in [-0.3, -0.25) is 0 Å². The summed E-state index contributed by atoms with van der Waals surface area (Å²) >= 11 is 0. The maximum absolute atomic E-state index is 13.3. The van der Waals surface area contributed by atoms with Gasteiger partial charge in [-0.2, -0.15) is 17.4 Å². The van der Waals surface area contributed by atoms with E-state index in [1.54, 1.807) is 18.2 Å². The summed E-state index contributed by atoms with van der Waals surface area (Å²) in [6, 6.07) is 6.15. The monoisotopic (exact) mass is 258 g/mol. The van der Waals surface area contributed by atoms with Crippen molar-refractivity contribution in [1.82, 2.24) is 9.03 Å². The molecule has 0 spiro atoms. The van der Waals surface area contributed by atoms with E-state index in [2.05, 4.69) is 4.72 Å². The van der Waals surface area contributed by atoms with E-state index in [0.717, 1.165) is 12.8 Å². The normalized spacial score (nSPS) is 17.5. The largest absolute Gasteiger partial charge is 0.279 e. The molecule has 94 valence electrons. The molecule has 1 aliphatic rings. The lowest BCUT2D eigenvalue weighted by molar-refractivity contribution is 0.463. The fraction of sp³-hybridized carbons (Fsp3) is 0.455. The Bertz CT molecular complexity index is 484. The van der Waals surface area contributed by atoms with Crippen LogP contribution >= 0.6 is 0 Å². The molecule has 1 heterocycles. The van der Waals surface area contributed by atoms with E-state index in [1.165, 1.54) is 10.4 Å². The van der Waals surface area contributed by atoms with Gasteiger partial charge in [-0.25, -0.2) is 4.39 Å². The van der Waals surface area contributed by atoms with E-state index in [1.807, 2.05) is 0 Å². The van der Waals surface area contributed by atoms with Crippen LogP contribution in [0.1, 0.15) is 18.4 Å². The van der Waals surface area contributed by atoms with Crippen LogP contribution in [0, 0.1) is 5.82 Å². The molecule has 0 saturated carbocycles. The smallest absolute Gasteiger partial charge is 0.207 e. The third-order valence-corrected chi connectivity index (χ3v) is 4.36. The van der Waals surface area contributed by atoms with Crippen molar-refractivity contribution in [3.05, 3.63) is 35.6 Å². The Morgan fingerprint density at radius 3 is 2.53 bits per heavy atom. The van der Waals surface area contributed by atoms with Gasteiger partial charge >= 0.3 is 0 Å². The first-order chi connectivity index (χ1) is 8.09. The zero-order chi connectivity index (χ0) is 12.3. The Morgan fingerprint density at radius 2 is 1.88 bits per heavy atom. The number of hydrogen-bond acceptors (Lipinski definition) is 2. The summed E-state index contributed by atoms with van der Waals surface area (Å²) in [5.41, 5.74) is 0.357. The number of nitrogens with zero attached hydrogens (tertiary/aromatic N) is 1. The van der Waals surface area contributed by atoms with Crippen molar-refractivity contribution in [2.45, 2.75) is 19.4 Å². The van der Waals surface area contributed by atoms with Crippen LogP contribution in [0.25, 0.3) is 0 Å². The molecular formula is C11H15FN2O2S. The predicted octanol–water partition coefficient (Wildman–Crippen LogP) is 1.26. The molecule has 2 rings (SSSR count). The van der Waals surface area contributed by atoms with Crippen LogP contribution < -0.4 is 4.72 Å². The number of halogens is 1. The van der Waals surface area contributed by atoms with Gasteiger partial charge in [-0.1, -0.05) is 18.2 Å². The van der Waals surface area contributed by atoms with Crippen LogP contribution in [0.4, 0.5) is 4.39 Å². The van der Waals surface area contributed by atoms with Gasteiger partial charge in [0.2, 0.25) is 0 Å². The van der Waals surface area contributed by atoms with E-state index < -0.39 is 16.0 Å². The van der Waals surface area contributed by atoms with Gasteiger partial charge < -0.3 is 0 Å². The van der Waals surface area contributed by atoms with Crippen molar-refractivity contribution in [1.29, 1.82) is 0 Å². The van der Waals surface area contributed by atoms with Crippen molar-refractivity contribution in [2.75, 3.05) is 13.1 Å². The molecule has 4 nitrogen and oxygen atoms in total. The van der Waals surface area contributed by atoms with E-state index in [4.69, 9.17) is 0 Å². The summed E-state index contributed by atoms with van der Waals surface area (Å²) < 4.78 is 40.7. The predicted molar refractivity (Wildman–Crippen MR) is 63.0 cm³/mol. The first-order valence-corrected chi connectivity index (χ1v) is 7.02. The molecule has 0 radical (unpaired) electrons. The summed E-state index contributed by atoms with van der Waals surface area (Å²) in [5, 5.41) is 0. The lowest BCUT2D eigenvalue weighted by Gasteiger charge is -2.16. The maximum Gasteiger partial charge on any atom is 0.279 e. The van der Waals surface area contributed by atoms with Crippen LogP contribution in [0.2, 0.25) is 0 Å². The topological polar surface area (TPSA) is 49.4 Å². The molecule has 0 amide bonds. The highest BCUT2D eigenvalue weighted by atomic mass is 32.2. The van der Waals surface area contributed by atoms with E-state index in [9.17, 15) is 12.8 Å². The zero-order valence-electron chi connectivity index (χ0n) is 9.39. The molecule has 1 aromatic carbocycles. The molecule has 6 heteroatoms. The Labute approximate surface area is 101 Å². The SMILES string of the molecule is O=S(=O)(NCc1ccccc1F)N1CCCC1. The summed E-state index contributed by atoms with van der Waals surface area (Å²) in [4.78, 5) is 0. The summed E-state index contributed by atoms with van der Waals surface area (Å²) in [6.45, 7) is 1.09. The first kappa shape index (κ1) is 12.5. The maximum atomic E-state index is 13.3. The minimum atomic E-state index is -3.46. The van der Waals surface area contributed by atoms with Gasteiger partial charge in [0.15, 0.2) is 0 Å². The van der Waals surface area contributed by atoms with Crippen molar-refractivity contribution < 1.29 is 12.8 Å². The lowest BCUT2D eigenvalue weighted by Crippen LogP contribution is -2.38. The summed E-state index contributed by atoms with van der Waals surface area (Å²) in [7, 11) is -3.46. The lowest BCUT2D eigenvalue weighted by atomic mass is 10.2. The fourth-order valence-electron chi connectivity index (χ4n) is 1.83. The molecule has 1 N–H and O–H groups in total. The molecule has 1 aromatic rings. The highest BCUT2D eigenvalue weighted by Crippen LogP contribution is 2.12. The molecule has 1 aliphatic heterocycles. The third kappa shape index (κ3) is 3.02. The fourth-order valence-corrected chi connectivity index (χ4v) is 3.09. The number of rotatable bonds is 4. The van der Waals surface area contributed by atoms with Gasteiger partial charge in [-0.05, 0) is 18.9 Å². The van der Waals surface area contributed by atoms with E-state index in [-0.39, 0.29) is 6.54 Å². The average molecular weight is 258 g/mol. The number of hydrogen-bond donors (Lipinski definition) is 1. The quantitative estimate of drug-likeness (QED) is 0.883. The van der Waals surface area contributed by atoms with Crippen molar-refractivity contribution in [3.8, 4) is 0 Å². The Kier molecular flexibility index (Phi) is 3.76. The standard InChI is InChI=1S/C11H15FN2O2S/c12-11-6-2-1-5-10(11)9-13-17(15,16)14-7-3-4-8-14/h1-2,5-6,13H,3-4,7-9H2. The van der Waals surface area contributed by atoms with Crippen LogP contribution in [0.5, 0.6) is 0 Å². The number of nitrogens with one attached hydrogen (secondary N) is 1. The number of benzene rings is 1. The molecule has 0 bridgehead atoms. The second kappa shape index (κ2) is 5.12. The Morgan fingerprint density at radius 1 is 1.24 bits per heavy atom. The van der Waals surface area contributed by atoms with Crippen LogP contribution in [-0.4, -0.2) is 25.8 Å². The average Bonchev–Trinajstić information content (AvgIpc) is 2.82. The minimum absolute atomic E-state index is 0.00843. The van der Waals surface area contributed by atoms with Gasteiger partial charge in [0.25, 0.3) is 10.2 Å². The molecule has 0 aliphatic carbocycles. The van der Waals surface area contributed by atoms with Crippen LogP contribution in [0.15, 0.2) is 24.3 Å². The molecule has 17 heavy (non-hydrogen) atoms. The molecule has 0 atom stereocenters. The van der Waals surface area contributed by atoms with E-state index in [0.29, 0.717) is 18.7 Å². The summed E-state index contributed by atoms with van der Waals surface area (Å²) in [6.07, 6.45) is 1.78. The van der Waals surface area contributed by atoms with Gasteiger partial charge in [0, 0.05) is 25.2 Å². The third-order valence-electron chi connectivity index (χ3n) is 2.81. The molecule has 0 aromatic heterocycles. The van der Waals surface area contributed by atoms with Crippen molar-refractivity contribution in [3.63, 3.8) is 0 Å². The Hall–Kier alpha value is -0.980. The summed E-state index contributed by atoms with van der Waals surface area (Å²) in [5.74, 6) is -0.392. The van der Waals surface area contributed by atoms with Crippen LogP contribution in [0.3, 0.4) is 0 Å². The highest BCUT2D eigenvalue weighted by Gasteiger charge is 2.24.